The van der Waals surface area contributed by atoms with Gasteiger partial charge in [-0.15, -0.1) is 0 Å². The topological polar surface area (TPSA) is 94.2 Å². The zero-order valence-corrected chi connectivity index (χ0v) is 16.1. The van der Waals surface area contributed by atoms with Gasteiger partial charge in [0.05, 0.1) is 7.11 Å². The SMILES string of the molecule is COC(=O)C(NC(=O)OC(C)(C)C)C1CN(C(=O)OCc2ccccc2)C1. The van der Waals surface area contributed by atoms with Crippen molar-refractivity contribution in [3.63, 3.8) is 0 Å². The molecular formula is C19H26N2O6. The molecule has 1 fully saturated rings. The van der Waals surface area contributed by atoms with E-state index in [1.165, 1.54) is 12.0 Å². The average molecular weight is 378 g/mol. The number of likely N-dealkylation sites (tertiary alicyclic amines) is 1. The molecule has 1 N–H and O–H groups in total. The quantitative estimate of drug-likeness (QED) is 0.624. The fourth-order valence-electron chi connectivity index (χ4n) is 2.61. The van der Waals surface area contributed by atoms with Gasteiger partial charge in [0.25, 0.3) is 0 Å². The van der Waals surface area contributed by atoms with E-state index in [1.54, 1.807) is 20.8 Å². The highest BCUT2D eigenvalue weighted by Gasteiger charge is 2.42. The molecule has 0 bridgehead atoms. The number of hydrogen-bond acceptors (Lipinski definition) is 6. The molecule has 1 aromatic rings. The molecule has 0 saturated carbocycles. The number of nitrogens with zero attached hydrogens (tertiary/aromatic N) is 1. The molecule has 0 spiro atoms. The van der Waals surface area contributed by atoms with Crippen LogP contribution in [0.1, 0.15) is 26.3 Å². The van der Waals surface area contributed by atoms with Crippen molar-refractivity contribution in [2.24, 2.45) is 5.92 Å². The first kappa shape index (κ1) is 20.5. The predicted molar refractivity (Wildman–Crippen MR) is 96.9 cm³/mol. The van der Waals surface area contributed by atoms with Gasteiger partial charge >= 0.3 is 18.2 Å². The van der Waals surface area contributed by atoms with E-state index >= 15 is 0 Å². The first-order valence-corrected chi connectivity index (χ1v) is 8.72. The third kappa shape index (κ3) is 6.16. The normalized spacial score (nSPS) is 15.3. The van der Waals surface area contributed by atoms with Crippen molar-refractivity contribution in [2.75, 3.05) is 20.2 Å². The zero-order chi connectivity index (χ0) is 20.0. The van der Waals surface area contributed by atoms with Crippen LogP contribution in [0.4, 0.5) is 9.59 Å². The predicted octanol–water partition coefficient (Wildman–Crippen LogP) is 2.32. The van der Waals surface area contributed by atoms with Crippen LogP contribution in [0.3, 0.4) is 0 Å². The Balaban J connectivity index is 1.84. The minimum atomic E-state index is -0.886. The van der Waals surface area contributed by atoms with Gasteiger partial charge in [0, 0.05) is 19.0 Å². The molecule has 8 nitrogen and oxygen atoms in total. The lowest BCUT2D eigenvalue weighted by Gasteiger charge is -2.41. The fraction of sp³-hybridized carbons (Fsp3) is 0.526. The lowest BCUT2D eigenvalue weighted by molar-refractivity contribution is -0.146. The number of esters is 1. The van der Waals surface area contributed by atoms with Crippen LogP contribution >= 0.6 is 0 Å². The third-order valence-corrected chi connectivity index (χ3v) is 3.97. The first-order chi connectivity index (χ1) is 12.7. The summed E-state index contributed by atoms with van der Waals surface area (Å²) in [4.78, 5) is 37.5. The monoisotopic (exact) mass is 378 g/mol. The lowest BCUT2D eigenvalue weighted by Crippen LogP contribution is -2.61. The Morgan fingerprint density at radius 1 is 1.19 bits per heavy atom. The second kappa shape index (κ2) is 8.75. The highest BCUT2D eigenvalue weighted by atomic mass is 16.6. The highest BCUT2D eigenvalue weighted by molar-refractivity contribution is 5.82. The summed E-state index contributed by atoms with van der Waals surface area (Å²) in [5.41, 5.74) is 0.208. The molecule has 1 aromatic carbocycles. The molecule has 1 unspecified atom stereocenters. The minimum absolute atomic E-state index is 0.178. The zero-order valence-electron chi connectivity index (χ0n) is 16.1. The van der Waals surface area contributed by atoms with E-state index < -0.39 is 29.8 Å². The van der Waals surface area contributed by atoms with E-state index in [4.69, 9.17) is 14.2 Å². The van der Waals surface area contributed by atoms with Gasteiger partial charge in [-0.2, -0.15) is 0 Å². The Morgan fingerprint density at radius 3 is 2.37 bits per heavy atom. The molecule has 1 saturated heterocycles. The number of benzene rings is 1. The first-order valence-electron chi connectivity index (χ1n) is 8.72. The maximum Gasteiger partial charge on any atom is 0.410 e. The average Bonchev–Trinajstić information content (AvgIpc) is 2.56. The van der Waals surface area contributed by atoms with Crippen LogP contribution in [0.25, 0.3) is 0 Å². The summed E-state index contributed by atoms with van der Waals surface area (Å²) in [6.07, 6.45) is -1.17. The number of rotatable bonds is 5. The summed E-state index contributed by atoms with van der Waals surface area (Å²) in [6.45, 7) is 5.93. The fourth-order valence-corrected chi connectivity index (χ4v) is 2.61. The van der Waals surface area contributed by atoms with E-state index in [0.717, 1.165) is 5.56 Å². The van der Waals surface area contributed by atoms with Gasteiger partial charge in [-0.1, -0.05) is 30.3 Å². The van der Waals surface area contributed by atoms with Gasteiger partial charge in [0.2, 0.25) is 0 Å². The summed E-state index contributed by atoms with van der Waals surface area (Å²) in [6, 6.07) is 8.46. The molecule has 2 rings (SSSR count). The Labute approximate surface area is 158 Å². The second-order valence-electron chi connectivity index (χ2n) is 7.35. The van der Waals surface area contributed by atoms with Crippen molar-refractivity contribution >= 4 is 18.2 Å². The summed E-state index contributed by atoms with van der Waals surface area (Å²) in [7, 11) is 1.25. The van der Waals surface area contributed by atoms with E-state index in [2.05, 4.69) is 5.32 Å². The number of methoxy groups -OCH3 is 1. The van der Waals surface area contributed by atoms with E-state index in [0.29, 0.717) is 0 Å². The molecule has 148 valence electrons. The molecule has 1 heterocycles. The molecule has 27 heavy (non-hydrogen) atoms. The van der Waals surface area contributed by atoms with Crippen LogP contribution in [0.5, 0.6) is 0 Å². The van der Waals surface area contributed by atoms with Crippen molar-refractivity contribution in [3.8, 4) is 0 Å². The maximum atomic E-state index is 12.1. The van der Waals surface area contributed by atoms with Crippen LogP contribution in [0, 0.1) is 5.92 Å². The Bertz CT molecular complexity index is 665. The van der Waals surface area contributed by atoms with Crippen LogP contribution in [0.15, 0.2) is 30.3 Å². The number of ether oxygens (including phenoxy) is 3. The van der Waals surface area contributed by atoms with Crippen molar-refractivity contribution in [2.45, 2.75) is 39.0 Å². The summed E-state index contributed by atoms with van der Waals surface area (Å²) in [5.74, 6) is -0.850. The van der Waals surface area contributed by atoms with Gasteiger partial charge in [0.15, 0.2) is 0 Å². The van der Waals surface area contributed by atoms with Crippen LogP contribution in [0.2, 0.25) is 0 Å². The highest BCUT2D eigenvalue weighted by Crippen LogP contribution is 2.22. The molecule has 8 heteroatoms. The molecule has 2 amide bonds. The van der Waals surface area contributed by atoms with Crippen LogP contribution in [-0.2, 0) is 25.6 Å². The Morgan fingerprint density at radius 2 is 1.81 bits per heavy atom. The summed E-state index contributed by atoms with van der Waals surface area (Å²) >= 11 is 0. The van der Waals surface area contributed by atoms with Crippen molar-refractivity contribution in [1.29, 1.82) is 0 Å². The van der Waals surface area contributed by atoms with E-state index in [1.807, 2.05) is 30.3 Å². The molecule has 1 aliphatic heterocycles. The molecule has 0 aromatic heterocycles. The van der Waals surface area contributed by atoms with E-state index in [-0.39, 0.29) is 25.6 Å². The van der Waals surface area contributed by atoms with Gasteiger partial charge in [-0.3, -0.25) is 0 Å². The Kier molecular flexibility index (Phi) is 6.65. The number of alkyl carbamates (subject to hydrolysis) is 1. The lowest BCUT2D eigenvalue weighted by atomic mass is 9.92. The van der Waals surface area contributed by atoms with Gasteiger partial charge in [0.1, 0.15) is 18.2 Å². The van der Waals surface area contributed by atoms with Crippen LogP contribution < -0.4 is 5.32 Å². The molecule has 0 radical (unpaired) electrons. The number of hydrogen-bond donors (Lipinski definition) is 1. The van der Waals surface area contributed by atoms with Crippen molar-refractivity contribution in [1.82, 2.24) is 10.2 Å². The molecule has 1 aliphatic rings. The second-order valence-corrected chi connectivity index (χ2v) is 7.35. The smallest absolute Gasteiger partial charge is 0.410 e. The third-order valence-electron chi connectivity index (χ3n) is 3.97. The standard InChI is InChI=1S/C19H26N2O6/c1-19(2,3)27-17(23)20-15(16(22)25-4)14-10-21(11-14)18(24)26-12-13-8-6-5-7-9-13/h5-9,14-15H,10-12H2,1-4H3,(H,20,23). The van der Waals surface area contributed by atoms with E-state index in [9.17, 15) is 14.4 Å². The largest absolute Gasteiger partial charge is 0.467 e. The van der Waals surface area contributed by atoms with Gasteiger partial charge < -0.3 is 24.4 Å². The number of carbonyl (C=O) groups is 3. The minimum Gasteiger partial charge on any atom is -0.467 e. The summed E-state index contributed by atoms with van der Waals surface area (Å²) in [5, 5.41) is 2.53. The maximum absolute atomic E-state index is 12.1. The molecule has 1 atom stereocenters. The summed E-state index contributed by atoms with van der Waals surface area (Å²) < 4.78 is 15.2. The number of carbonyl (C=O) groups excluding carboxylic acids is 3. The number of nitrogens with one attached hydrogen (secondary N) is 1. The number of amides is 2. The van der Waals surface area contributed by atoms with Gasteiger partial charge in [-0.05, 0) is 26.3 Å². The van der Waals surface area contributed by atoms with Gasteiger partial charge in [-0.25, -0.2) is 14.4 Å². The van der Waals surface area contributed by atoms with Crippen molar-refractivity contribution in [3.05, 3.63) is 35.9 Å². The molecular weight excluding hydrogens is 352 g/mol. The van der Waals surface area contributed by atoms with Crippen molar-refractivity contribution < 1.29 is 28.6 Å². The Hall–Kier alpha value is -2.77. The van der Waals surface area contributed by atoms with Crippen LogP contribution in [-0.4, -0.2) is 54.9 Å². The molecule has 0 aliphatic carbocycles.